The monoisotopic (exact) mass is 403 g/mol. The number of hydrogen-bond donors (Lipinski definition) is 1. The topological polar surface area (TPSA) is 56.2 Å². The Labute approximate surface area is 168 Å². The Hall–Kier alpha value is -2.86. The van der Waals surface area contributed by atoms with Gasteiger partial charge in [0.1, 0.15) is 5.83 Å². The summed E-state index contributed by atoms with van der Waals surface area (Å²) in [5, 5.41) is 3.20. The van der Waals surface area contributed by atoms with Crippen LogP contribution in [-0.2, 0) is 13.0 Å². The van der Waals surface area contributed by atoms with Gasteiger partial charge in [0.05, 0.1) is 25.7 Å². The number of aryl methyl sites for hydroxylation is 1. The van der Waals surface area contributed by atoms with Crippen LogP contribution in [0.2, 0.25) is 0 Å². The number of allylic oxidation sites excluding steroid dienone is 5. The second-order valence-electron chi connectivity index (χ2n) is 5.90. The van der Waals surface area contributed by atoms with E-state index in [1.54, 1.807) is 16.7 Å². The molecule has 0 aliphatic carbocycles. The Morgan fingerprint density at radius 1 is 1.43 bits per heavy atom. The van der Waals surface area contributed by atoms with E-state index in [-0.39, 0.29) is 18.2 Å². The molecule has 0 amide bonds. The summed E-state index contributed by atoms with van der Waals surface area (Å²) in [5.41, 5.74) is 2.03. The zero-order chi connectivity index (χ0) is 20.5. The fourth-order valence-corrected chi connectivity index (χ4v) is 2.72. The van der Waals surface area contributed by atoms with Crippen LogP contribution in [0.25, 0.3) is 0 Å². The molecule has 1 heterocycles. The standard InChI is InChI=1S/C21H23ClFN3O2/c1-4-8-15(11-17(23)12-22)13-26-14-19(28-3)20(27)25-21(26)24-18-10-7-6-9-16(18)5-2/h4,6-11,14H,1,5,12-13H2,2-3H3,(H,24,25,27)/b15-8+,17-11+. The molecule has 0 radical (unpaired) electrons. The van der Waals surface area contributed by atoms with E-state index in [4.69, 9.17) is 16.3 Å². The van der Waals surface area contributed by atoms with E-state index in [0.29, 0.717) is 11.5 Å². The molecule has 5 nitrogen and oxygen atoms in total. The van der Waals surface area contributed by atoms with Crippen molar-refractivity contribution in [1.82, 2.24) is 9.55 Å². The molecule has 7 heteroatoms. The van der Waals surface area contributed by atoms with Crippen molar-refractivity contribution in [1.29, 1.82) is 0 Å². The lowest BCUT2D eigenvalue weighted by Crippen LogP contribution is -2.19. The highest BCUT2D eigenvalue weighted by Gasteiger charge is 2.12. The quantitative estimate of drug-likeness (QED) is 0.484. The van der Waals surface area contributed by atoms with E-state index >= 15 is 0 Å². The van der Waals surface area contributed by atoms with E-state index in [1.165, 1.54) is 19.4 Å². The fraction of sp³-hybridized carbons (Fsp3) is 0.238. The van der Waals surface area contributed by atoms with E-state index < -0.39 is 11.4 Å². The molecule has 28 heavy (non-hydrogen) atoms. The molecule has 0 bridgehead atoms. The van der Waals surface area contributed by atoms with Crippen molar-refractivity contribution in [2.24, 2.45) is 0 Å². The zero-order valence-electron chi connectivity index (χ0n) is 15.9. The lowest BCUT2D eigenvalue weighted by Gasteiger charge is -2.17. The molecule has 2 aromatic rings. The highest BCUT2D eigenvalue weighted by molar-refractivity contribution is 6.19. The smallest absolute Gasteiger partial charge is 0.316 e. The number of alkyl halides is 1. The number of hydrogen-bond acceptors (Lipinski definition) is 4. The van der Waals surface area contributed by atoms with Crippen molar-refractivity contribution in [3.8, 4) is 5.75 Å². The van der Waals surface area contributed by atoms with E-state index in [1.807, 2.05) is 31.2 Å². The summed E-state index contributed by atoms with van der Waals surface area (Å²) in [6, 6.07) is 7.75. The molecule has 0 fully saturated rings. The molecule has 148 valence electrons. The van der Waals surface area contributed by atoms with Crippen LogP contribution in [0.4, 0.5) is 16.0 Å². The largest absolute Gasteiger partial charge is 0.490 e. The first kappa shape index (κ1) is 21.4. The first-order valence-corrected chi connectivity index (χ1v) is 9.29. The number of halogens is 2. The average molecular weight is 404 g/mol. The molecule has 0 saturated carbocycles. The Balaban J connectivity index is 2.51. The van der Waals surface area contributed by atoms with Crippen LogP contribution in [0, 0.1) is 0 Å². The van der Waals surface area contributed by atoms with Crippen LogP contribution in [0.15, 0.2) is 71.5 Å². The maximum atomic E-state index is 13.7. The minimum atomic E-state index is -0.494. The van der Waals surface area contributed by atoms with Gasteiger partial charge in [-0.25, -0.2) is 4.39 Å². The van der Waals surface area contributed by atoms with E-state index in [2.05, 4.69) is 16.9 Å². The maximum Gasteiger partial charge on any atom is 0.316 e. The SMILES string of the molecule is C=C/C=C(\C=C(\F)CCl)Cn1cc(OC)c(=O)nc1Nc1ccccc1CC. The number of anilines is 2. The number of nitrogens with one attached hydrogen (secondary N) is 1. The highest BCUT2D eigenvalue weighted by Crippen LogP contribution is 2.22. The number of aromatic nitrogens is 2. The summed E-state index contributed by atoms with van der Waals surface area (Å²) < 4.78 is 20.5. The van der Waals surface area contributed by atoms with Crippen molar-refractivity contribution in [3.05, 3.63) is 82.6 Å². The van der Waals surface area contributed by atoms with Crippen molar-refractivity contribution in [2.75, 3.05) is 18.3 Å². The molecule has 0 saturated heterocycles. The van der Waals surface area contributed by atoms with E-state index in [0.717, 1.165) is 17.7 Å². The molecule has 1 N–H and O–H groups in total. The van der Waals surface area contributed by atoms with Gasteiger partial charge in [0.2, 0.25) is 11.7 Å². The minimum Gasteiger partial charge on any atom is -0.490 e. The summed E-state index contributed by atoms with van der Waals surface area (Å²) in [6.45, 7) is 5.93. The van der Waals surface area contributed by atoms with Gasteiger partial charge < -0.3 is 14.6 Å². The number of rotatable bonds is 9. The van der Waals surface area contributed by atoms with E-state index in [9.17, 15) is 9.18 Å². The summed E-state index contributed by atoms with van der Waals surface area (Å²) in [4.78, 5) is 16.3. The summed E-state index contributed by atoms with van der Waals surface area (Å²) in [5.74, 6) is -0.285. The first-order chi connectivity index (χ1) is 13.5. The van der Waals surface area contributed by atoms with Crippen molar-refractivity contribution < 1.29 is 9.13 Å². The van der Waals surface area contributed by atoms with Gasteiger partial charge in [0, 0.05) is 5.69 Å². The molecular formula is C21H23ClFN3O2. The zero-order valence-corrected chi connectivity index (χ0v) is 16.7. The van der Waals surface area contributed by atoms with Crippen molar-refractivity contribution >= 4 is 23.2 Å². The third-order valence-electron chi connectivity index (χ3n) is 3.98. The van der Waals surface area contributed by atoms with Gasteiger partial charge in [-0.1, -0.05) is 43.9 Å². The van der Waals surface area contributed by atoms with Crippen LogP contribution < -0.4 is 15.6 Å². The second-order valence-corrected chi connectivity index (χ2v) is 6.17. The third-order valence-corrected chi connectivity index (χ3v) is 4.24. The Morgan fingerprint density at radius 2 is 2.18 bits per heavy atom. The van der Waals surface area contributed by atoms with Gasteiger partial charge >= 0.3 is 5.56 Å². The van der Waals surface area contributed by atoms with Crippen LogP contribution in [0.3, 0.4) is 0 Å². The van der Waals surface area contributed by atoms with Crippen LogP contribution in [0.1, 0.15) is 12.5 Å². The van der Waals surface area contributed by atoms with Gasteiger partial charge in [0.25, 0.3) is 0 Å². The second kappa shape index (κ2) is 10.5. The highest BCUT2D eigenvalue weighted by atomic mass is 35.5. The number of methoxy groups -OCH3 is 1. The van der Waals surface area contributed by atoms with Crippen molar-refractivity contribution in [2.45, 2.75) is 19.9 Å². The van der Waals surface area contributed by atoms with Crippen molar-refractivity contribution in [3.63, 3.8) is 0 Å². The normalized spacial score (nSPS) is 12.0. The minimum absolute atomic E-state index is 0.0917. The van der Waals surface area contributed by atoms with Crippen LogP contribution in [-0.4, -0.2) is 22.5 Å². The van der Waals surface area contributed by atoms with Gasteiger partial charge in [-0.15, -0.1) is 11.6 Å². The fourth-order valence-electron chi connectivity index (χ4n) is 2.64. The van der Waals surface area contributed by atoms with Crippen LogP contribution >= 0.6 is 11.6 Å². The molecular weight excluding hydrogens is 381 g/mol. The molecule has 1 aromatic heterocycles. The van der Waals surface area contributed by atoms with Crippen LogP contribution in [0.5, 0.6) is 5.75 Å². The molecule has 1 aromatic carbocycles. The molecule has 2 rings (SSSR count). The Kier molecular flexibility index (Phi) is 8.02. The van der Waals surface area contributed by atoms with Gasteiger partial charge in [0.15, 0.2) is 0 Å². The van der Waals surface area contributed by atoms with Gasteiger partial charge in [-0.3, -0.25) is 4.79 Å². The number of para-hydroxylation sites is 1. The summed E-state index contributed by atoms with van der Waals surface area (Å²) in [6.07, 6.45) is 6.91. The predicted molar refractivity (Wildman–Crippen MR) is 112 cm³/mol. The maximum absolute atomic E-state index is 13.7. The molecule has 0 aliphatic rings. The molecule has 0 unspecified atom stereocenters. The number of benzene rings is 1. The Morgan fingerprint density at radius 3 is 2.82 bits per heavy atom. The lowest BCUT2D eigenvalue weighted by atomic mass is 10.1. The Bertz CT molecular complexity index is 951. The summed E-state index contributed by atoms with van der Waals surface area (Å²) >= 11 is 5.55. The van der Waals surface area contributed by atoms with Gasteiger partial charge in [-0.2, -0.15) is 4.98 Å². The molecule has 0 atom stereocenters. The average Bonchev–Trinajstić information content (AvgIpc) is 2.70. The molecule has 0 spiro atoms. The van der Waals surface area contributed by atoms with Gasteiger partial charge in [-0.05, 0) is 29.7 Å². The number of ether oxygens (including phenoxy) is 1. The lowest BCUT2D eigenvalue weighted by molar-refractivity contribution is 0.402. The first-order valence-electron chi connectivity index (χ1n) is 8.76. The molecule has 0 aliphatic heterocycles. The summed E-state index contributed by atoms with van der Waals surface area (Å²) in [7, 11) is 1.40. The number of nitrogens with zero attached hydrogens (tertiary/aromatic N) is 2. The predicted octanol–water partition coefficient (Wildman–Crippen LogP) is 4.76. The third kappa shape index (κ3) is 5.57.